The first-order valence-corrected chi connectivity index (χ1v) is 7.23. The van der Waals surface area contributed by atoms with Gasteiger partial charge in [-0.3, -0.25) is 0 Å². The Hall–Kier alpha value is -0.610. The van der Waals surface area contributed by atoms with Gasteiger partial charge >= 0.3 is 0 Å². The molecule has 0 bridgehead atoms. The molecule has 4 heteroatoms. The molecule has 1 aromatic rings. The molecule has 1 aliphatic heterocycles. The minimum absolute atomic E-state index is 0.204. The number of benzene rings is 1. The normalized spacial score (nSPS) is 28.5. The summed E-state index contributed by atoms with van der Waals surface area (Å²) in [5, 5.41) is 3.38. The van der Waals surface area contributed by atoms with E-state index in [0.29, 0.717) is 22.5 Å². The summed E-state index contributed by atoms with van der Waals surface area (Å²) < 4.78 is 13.8. The minimum Gasteiger partial charge on any atom is -0.368 e. The van der Waals surface area contributed by atoms with E-state index in [0.717, 1.165) is 18.7 Å². The maximum absolute atomic E-state index is 13.3. The minimum atomic E-state index is -0.204. The Bertz CT molecular complexity index is 424. The first-order valence-electron chi connectivity index (χ1n) is 6.43. The third kappa shape index (κ3) is 2.54. The summed E-state index contributed by atoms with van der Waals surface area (Å²) in [6.45, 7) is 5.52. The zero-order valence-electron chi connectivity index (χ0n) is 11.1. The average Bonchev–Trinajstić information content (AvgIpc) is 2.36. The predicted molar refractivity (Wildman–Crippen MR) is 77.5 cm³/mol. The molecule has 1 aromatic carbocycles. The molecule has 18 heavy (non-hydrogen) atoms. The topological polar surface area (TPSA) is 15.3 Å². The Morgan fingerprint density at radius 2 is 2.11 bits per heavy atom. The number of rotatable bonds is 2. The summed E-state index contributed by atoms with van der Waals surface area (Å²) in [7, 11) is 2.03. The summed E-state index contributed by atoms with van der Waals surface area (Å²) in [6, 6.07) is 6.29. The second-order valence-corrected chi connectivity index (χ2v) is 5.93. The SMILES string of the molecule is CNC1CCN(c2ccc(F)c(Br)c2)C(C)C1C. The Morgan fingerprint density at radius 3 is 2.72 bits per heavy atom. The first-order chi connectivity index (χ1) is 8.54. The number of anilines is 1. The van der Waals surface area contributed by atoms with Gasteiger partial charge in [0, 0.05) is 24.3 Å². The van der Waals surface area contributed by atoms with Crippen molar-refractivity contribution in [2.75, 3.05) is 18.5 Å². The van der Waals surface area contributed by atoms with Crippen molar-refractivity contribution in [2.45, 2.75) is 32.4 Å². The van der Waals surface area contributed by atoms with Gasteiger partial charge < -0.3 is 10.2 Å². The Balaban J connectivity index is 2.21. The van der Waals surface area contributed by atoms with Gasteiger partial charge in [-0.25, -0.2) is 4.39 Å². The number of nitrogens with one attached hydrogen (secondary N) is 1. The lowest BCUT2D eigenvalue weighted by molar-refractivity contribution is 0.282. The molecule has 100 valence electrons. The maximum Gasteiger partial charge on any atom is 0.137 e. The molecule has 0 saturated carbocycles. The van der Waals surface area contributed by atoms with Crippen LogP contribution in [0.2, 0.25) is 0 Å². The number of piperidine rings is 1. The van der Waals surface area contributed by atoms with Crippen LogP contribution < -0.4 is 10.2 Å². The van der Waals surface area contributed by atoms with E-state index in [1.165, 1.54) is 6.07 Å². The fourth-order valence-corrected chi connectivity index (χ4v) is 3.17. The fraction of sp³-hybridized carbons (Fsp3) is 0.571. The van der Waals surface area contributed by atoms with Crippen LogP contribution >= 0.6 is 15.9 Å². The maximum atomic E-state index is 13.3. The summed E-state index contributed by atoms with van der Waals surface area (Å²) in [5.74, 6) is 0.372. The molecule has 1 aliphatic rings. The highest BCUT2D eigenvalue weighted by Crippen LogP contribution is 2.31. The Morgan fingerprint density at radius 1 is 1.39 bits per heavy atom. The van der Waals surface area contributed by atoms with Crippen LogP contribution in [0.4, 0.5) is 10.1 Å². The molecule has 1 heterocycles. The molecule has 0 aliphatic carbocycles. The van der Waals surface area contributed by atoms with Gasteiger partial charge in [-0.15, -0.1) is 0 Å². The first kappa shape index (κ1) is 13.8. The van der Waals surface area contributed by atoms with Gasteiger partial charge in [-0.05, 0) is 60.4 Å². The van der Waals surface area contributed by atoms with Gasteiger partial charge in [0.1, 0.15) is 5.82 Å². The molecule has 1 N–H and O–H groups in total. The molecular formula is C14H20BrFN2. The van der Waals surface area contributed by atoms with E-state index in [2.05, 4.69) is 40.0 Å². The molecule has 0 amide bonds. The smallest absolute Gasteiger partial charge is 0.137 e. The zero-order valence-corrected chi connectivity index (χ0v) is 12.7. The quantitative estimate of drug-likeness (QED) is 0.900. The van der Waals surface area contributed by atoms with Crippen molar-refractivity contribution in [3.8, 4) is 0 Å². The lowest BCUT2D eigenvalue weighted by Crippen LogP contribution is -2.52. The molecule has 0 aromatic heterocycles. The van der Waals surface area contributed by atoms with E-state index in [-0.39, 0.29) is 5.82 Å². The van der Waals surface area contributed by atoms with Gasteiger partial charge in [-0.1, -0.05) is 6.92 Å². The van der Waals surface area contributed by atoms with Gasteiger partial charge in [0.2, 0.25) is 0 Å². The fourth-order valence-electron chi connectivity index (χ4n) is 2.80. The van der Waals surface area contributed by atoms with E-state index in [4.69, 9.17) is 0 Å². The van der Waals surface area contributed by atoms with E-state index in [1.807, 2.05) is 19.2 Å². The molecule has 0 spiro atoms. The second kappa shape index (κ2) is 5.57. The predicted octanol–water partition coefficient (Wildman–Crippen LogP) is 3.41. The van der Waals surface area contributed by atoms with Crippen molar-refractivity contribution >= 4 is 21.6 Å². The average molecular weight is 315 g/mol. The van der Waals surface area contributed by atoms with Crippen molar-refractivity contribution in [1.29, 1.82) is 0 Å². The molecule has 1 fully saturated rings. The summed E-state index contributed by atoms with van der Waals surface area (Å²) >= 11 is 3.26. The number of nitrogens with zero attached hydrogens (tertiary/aromatic N) is 1. The van der Waals surface area contributed by atoms with Gasteiger partial charge in [0.05, 0.1) is 4.47 Å². The third-order valence-electron chi connectivity index (χ3n) is 4.17. The van der Waals surface area contributed by atoms with Crippen molar-refractivity contribution in [2.24, 2.45) is 5.92 Å². The molecule has 2 rings (SSSR count). The summed E-state index contributed by atoms with van der Waals surface area (Å²) in [4.78, 5) is 2.36. The molecule has 3 atom stereocenters. The van der Waals surface area contributed by atoms with Gasteiger partial charge in [-0.2, -0.15) is 0 Å². The van der Waals surface area contributed by atoms with E-state index in [1.54, 1.807) is 0 Å². The van der Waals surface area contributed by atoms with E-state index in [9.17, 15) is 4.39 Å². The Kier molecular flexibility index (Phi) is 4.28. The highest BCUT2D eigenvalue weighted by atomic mass is 79.9. The van der Waals surface area contributed by atoms with Crippen molar-refractivity contribution in [3.63, 3.8) is 0 Å². The van der Waals surface area contributed by atoms with Crippen LogP contribution in [-0.2, 0) is 0 Å². The standard InChI is InChI=1S/C14H20BrFN2/c1-9-10(2)18(7-6-14(9)17-3)11-4-5-13(16)12(15)8-11/h4-5,8-10,14,17H,6-7H2,1-3H3. The van der Waals surface area contributed by atoms with Crippen molar-refractivity contribution in [3.05, 3.63) is 28.5 Å². The molecule has 0 radical (unpaired) electrons. The third-order valence-corrected chi connectivity index (χ3v) is 4.78. The van der Waals surface area contributed by atoms with Crippen LogP contribution in [0.5, 0.6) is 0 Å². The van der Waals surface area contributed by atoms with Crippen LogP contribution in [0.15, 0.2) is 22.7 Å². The molecule has 3 unspecified atom stereocenters. The molecule has 1 saturated heterocycles. The monoisotopic (exact) mass is 314 g/mol. The van der Waals surface area contributed by atoms with Crippen LogP contribution in [0.3, 0.4) is 0 Å². The van der Waals surface area contributed by atoms with Gasteiger partial charge in [0.15, 0.2) is 0 Å². The molecular weight excluding hydrogens is 295 g/mol. The van der Waals surface area contributed by atoms with Crippen LogP contribution in [0.1, 0.15) is 20.3 Å². The Labute approximate surface area is 117 Å². The number of hydrogen-bond donors (Lipinski definition) is 1. The second-order valence-electron chi connectivity index (χ2n) is 5.08. The van der Waals surface area contributed by atoms with Gasteiger partial charge in [0.25, 0.3) is 0 Å². The largest absolute Gasteiger partial charge is 0.368 e. The van der Waals surface area contributed by atoms with Crippen molar-refractivity contribution < 1.29 is 4.39 Å². The molecule has 2 nitrogen and oxygen atoms in total. The lowest BCUT2D eigenvalue weighted by Gasteiger charge is -2.44. The van der Waals surface area contributed by atoms with Crippen LogP contribution in [-0.4, -0.2) is 25.7 Å². The highest BCUT2D eigenvalue weighted by Gasteiger charge is 2.31. The summed E-state index contributed by atoms with van der Waals surface area (Å²) in [6.07, 6.45) is 1.12. The van der Waals surface area contributed by atoms with E-state index >= 15 is 0 Å². The number of hydrogen-bond acceptors (Lipinski definition) is 2. The number of halogens is 2. The highest BCUT2D eigenvalue weighted by molar-refractivity contribution is 9.10. The lowest BCUT2D eigenvalue weighted by atomic mass is 9.87. The summed E-state index contributed by atoms with van der Waals surface area (Å²) in [5.41, 5.74) is 1.09. The van der Waals surface area contributed by atoms with Crippen molar-refractivity contribution in [1.82, 2.24) is 5.32 Å². The van der Waals surface area contributed by atoms with Crippen LogP contribution in [0, 0.1) is 11.7 Å². The van der Waals surface area contributed by atoms with E-state index < -0.39 is 0 Å². The zero-order chi connectivity index (χ0) is 13.3. The van der Waals surface area contributed by atoms with Crippen LogP contribution in [0.25, 0.3) is 0 Å².